The van der Waals surface area contributed by atoms with Crippen molar-refractivity contribution >= 4 is 27.5 Å². The molecule has 1 aliphatic heterocycles. The Morgan fingerprint density at radius 2 is 1.86 bits per heavy atom. The van der Waals surface area contributed by atoms with Gasteiger partial charge in [0.2, 0.25) is 15.9 Å². The largest absolute Gasteiger partial charge is 0.340 e. The predicted octanol–water partition coefficient (Wildman–Crippen LogP) is 1.83. The second-order valence-corrected chi connectivity index (χ2v) is 8.38. The van der Waals surface area contributed by atoms with Gasteiger partial charge in [0.1, 0.15) is 0 Å². The van der Waals surface area contributed by atoms with E-state index < -0.39 is 10.0 Å². The van der Waals surface area contributed by atoms with Crippen molar-refractivity contribution in [2.75, 3.05) is 26.2 Å². The highest BCUT2D eigenvalue weighted by atomic mass is 35.5. The molecule has 0 N–H and O–H groups in total. The number of halogens is 1. The average Bonchev–Trinajstić information content (AvgIpc) is 3.23. The maximum Gasteiger partial charge on any atom is 0.243 e. The van der Waals surface area contributed by atoms with Gasteiger partial charge in [0.15, 0.2) is 0 Å². The number of nitrogens with zero attached hydrogens (tertiary/aromatic N) is 2. The minimum atomic E-state index is -3.54. The molecule has 0 bridgehead atoms. The number of hydrogen-bond acceptors (Lipinski definition) is 3. The van der Waals surface area contributed by atoms with Gasteiger partial charge in [-0.1, -0.05) is 24.6 Å². The van der Waals surface area contributed by atoms with Crippen molar-refractivity contribution in [2.45, 2.75) is 18.2 Å². The van der Waals surface area contributed by atoms with Crippen LogP contribution in [0.15, 0.2) is 29.2 Å². The van der Waals surface area contributed by atoms with Crippen LogP contribution in [-0.2, 0) is 14.8 Å². The van der Waals surface area contributed by atoms with E-state index in [1.54, 1.807) is 23.1 Å². The summed E-state index contributed by atoms with van der Waals surface area (Å²) in [6.07, 6.45) is 0.958. The van der Waals surface area contributed by atoms with Gasteiger partial charge in [-0.05, 0) is 30.5 Å². The molecule has 3 rings (SSSR count). The number of rotatable bonds is 3. The number of benzene rings is 1. The molecule has 120 valence electrons. The first kappa shape index (κ1) is 15.8. The summed E-state index contributed by atoms with van der Waals surface area (Å²) in [6, 6.07) is 6.28. The van der Waals surface area contributed by atoms with Gasteiger partial charge in [0.25, 0.3) is 0 Å². The van der Waals surface area contributed by atoms with E-state index in [0.29, 0.717) is 37.1 Å². The lowest BCUT2D eigenvalue weighted by Crippen LogP contribution is -2.51. The molecule has 2 atom stereocenters. The van der Waals surface area contributed by atoms with Crippen LogP contribution < -0.4 is 0 Å². The summed E-state index contributed by atoms with van der Waals surface area (Å²) in [6.45, 7) is 3.66. The van der Waals surface area contributed by atoms with Gasteiger partial charge in [0, 0.05) is 37.1 Å². The van der Waals surface area contributed by atoms with Gasteiger partial charge in [-0.2, -0.15) is 4.31 Å². The minimum Gasteiger partial charge on any atom is -0.340 e. The molecule has 0 unspecified atom stereocenters. The van der Waals surface area contributed by atoms with Gasteiger partial charge in [-0.15, -0.1) is 0 Å². The molecule has 0 spiro atoms. The van der Waals surface area contributed by atoms with Crippen molar-refractivity contribution in [3.8, 4) is 0 Å². The molecule has 1 aliphatic carbocycles. The zero-order valence-electron chi connectivity index (χ0n) is 12.4. The lowest BCUT2D eigenvalue weighted by Gasteiger charge is -2.34. The Kier molecular flexibility index (Phi) is 4.18. The predicted molar refractivity (Wildman–Crippen MR) is 84.1 cm³/mol. The minimum absolute atomic E-state index is 0.149. The quantitative estimate of drug-likeness (QED) is 0.842. The SMILES string of the molecule is C[C@@H]1C[C@@H]1C(=O)N1CCN(S(=O)(=O)c2cccc(Cl)c2)CC1. The third kappa shape index (κ3) is 3.00. The molecule has 1 saturated carbocycles. The van der Waals surface area contributed by atoms with Crippen molar-refractivity contribution in [1.29, 1.82) is 0 Å². The topological polar surface area (TPSA) is 57.7 Å². The van der Waals surface area contributed by atoms with Crippen LogP contribution in [-0.4, -0.2) is 49.7 Å². The van der Waals surface area contributed by atoms with Crippen LogP contribution in [0, 0.1) is 11.8 Å². The van der Waals surface area contributed by atoms with E-state index in [1.165, 1.54) is 10.4 Å². The van der Waals surface area contributed by atoms with E-state index in [0.717, 1.165) is 6.42 Å². The van der Waals surface area contributed by atoms with E-state index in [4.69, 9.17) is 11.6 Å². The molecule has 1 saturated heterocycles. The molecule has 1 aromatic rings. The van der Waals surface area contributed by atoms with Crippen molar-refractivity contribution in [2.24, 2.45) is 11.8 Å². The molecule has 1 aromatic carbocycles. The average molecular weight is 343 g/mol. The molecule has 22 heavy (non-hydrogen) atoms. The van der Waals surface area contributed by atoms with Crippen molar-refractivity contribution in [1.82, 2.24) is 9.21 Å². The Morgan fingerprint density at radius 3 is 2.41 bits per heavy atom. The zero-order chi connectivity index (χ0) is 15.9. The van der Waals surface area contributed by atoms with E-state index in [-0.39, 0.29) is 16.7 Å². The first-order valence-corrected chi connectivity index (χ1v) is 9.26. The first-order valence-electron chi connectivity index (χ1n) is 7.44. The lowest BCUT2D eigenvalue weighted by atomic mass is 10.2. The van der Waals surface area contributed by atoms with E-state index in [1.807, 2.05) is 0 Å². The highest BCUT2D eigenvalue weighted by molar-refractivity contribution is 7.89. The second-order valence-electron chi connectivity index (χ2n) is 6.01. The maximum atomic E-state index is 12.6. The molecule has 1 amide bonds. The first-order chi connectivity index (χ1) is 10.4. The van der Waals surface area contributed by atoms with E-state index >= 15 is 0 Å². The van der Waals surface area contributed by atoms with Crippen molar-refractivity contribution in [3.63, 3.8) is 0 Å². The monoisotopic (exact) mass is 342 g/mol. The maximum absolute atomic E-state index is 12.6. The summed E-state index contributed by atoms with van der Waals surface area (Å²) in [5, 5.41) is 0.401. The van der Waals surface area contributed by atoms with Crippen molar-refractivity contribution in [3.05, 3.63) is 29.3 Å². The molecule has 2 aliphatic rings. The fourth-order valence-electron chi connectivity index (χ4n) is 2.83. The molecular weight excluding hydrogens is 324 g/mol. The number of sulfonamides is 1. The summed E-state index contributed by atoms with van der Waals surface area (Å²) in [7, 11) is -3.54. The van der Waals surface area contributed by atoms with Gasteiger partial charge in [-0.25, -0.2) is 8.42 Å². The third-order valence-corrected chi connectivity index (χ3v) is 6.54. The Bertz CT molecular complexity index is 684. The Balaban J connectivity index is 1.67. The summed E-state index contributed by atoms with van der Waals surface area (Å²) in [4.78, 5) is 14.2. The van der Waals surface area contributed by atoms with Gasteiger partial charge < -0.3 is 4.90 Å². The molecular formula is C15H19ClN2O3S. The fraction of sp³-hybridized carbons (Fsp3) is 0.533. The number of amides is 1. The lowest BCUT2D eigenvalue weighted by molar-refractivity contribution is -0.134. The summed E-state index contributed by atoms with van der Waals surface area (Å²) >= 11 is 5.87. The van der Waals surface area contributed by atoms with Crippen LogP contribution in [0.4, 0.5) is 0 Å². The van der Waals surface area contributed by atoms with Crippen LogP contribution >= 0.6 is 11.6 Å². The standard InChI is InChI=1S/C15H19ClN2O3S/c1-11-9-14(11)15(19)17-5-7-18(8-6-17)22(20,21)13-4-2-3-12(16)10-13/h2-4,10-11,14H,5-9H2,1H3/t11-,14+/m1/s1. The molecule has 0 radical (unpaired) electrons. The number of hydrogen-bond donors (Lipinski definition) is 0. The van der Waals surface area contributed by atoms with Crippen LogP contribution in [0.3, 0.4) is 0 Å². The van der Waals surface area contributed by atoms with E-state index in [9.17, 15) is 13.2 Å². The van der Waals surface area contributed by atoms with Gasteiger partial charge in [-0.3, -0.25) is 4.79 Å². The number of piperazine rings is 1. The smallest absolute Gasteiger partial charge is 0.243 e. The number of carbonyl (C=O) groups is 1. The fourth-order valence-corrected chi connectivity index (χ4v) is 4.55. The van der Waals surface area contributed by atoms with Crippen LogP contribution in [0.25, 0.3) is 0 Å². The van der Waals surface area contributed by atoms with Gasteiger partial charge >= 0.3 is 0 Å². The van der Waals surface area contributed by atoms with Crippen LogP contribution in [0.5, 0.6) is 0 Å². The molecule has 5 nitrogen and oxygen atoms in total. The zero-order valence-corrected chi connectivity index (χ0v) is 14.0. The van der Waals surface area contributed by atoms with Crippen molar-refractivity contribution < 1.29 is 13.2 Å². The summed E-state index contributed by atoms with van der Waals surface area (Å²) < 4.78 is 26.6. The number of carbonyl (C=O) groups excluding carboxylic acids is 1. The second kappa shape index (κ2) is 5.83. The van der Waals surface area contributed by atoms with Gasteiger partial charge in [0.05, 0.1) is 4.90 Å². The summed E-state index contributed by atoms with van der Waals surface area (Å²) in [5.41, 5.74) is 0. The van der Waals surface area contributed by atoms with Crippen LogP contribution in [0.1, 0.15) is 13.3 Å². The Hall–Kier alpha value is -1.11. The third-order valence-electron chi connectivity index (χ3n) is 4.41. The normalized spacial score (nSPS) is 26.0. The Morgan fingerprint density at radius 1 is 1.23 bits per heavy atom. The molecule has 0 aromatic heterocycles. The molecule has 7 heteroatoms. The Labute approximate surface area is 135 Å². The summed E-state index contributed by atoms with van der Waals surface area (Å²) in [5.74, 6) is 0.795. The highest BCUT2D eigenvalue weighted by Gasteiger charge is 2.42. The van der Waals surface area contributed by atoms with Crippen LogP contribution in [0.2, 0.25) is 5.02 Å². The van der Waals surface area contributed by atoms with E-state index in [2.05, 4.69) is 6.92 Å². The molecule has 1 heterocycles. The molecule has 2 fully saturated rings. The highest BCUT2D eigenvalue weighted by Crippen LogP contribution is 2.39.